The fraction of sp³-hybridized carbons (Fsp3) is 0.316. The SMILES string of the molecule is CC(=O)c1c[nH]c(C(=O)Nc2ccc3nc(CN4CCOCC4)[nH]c3c2)c1. The lowest BCUT2D eigenvalue weighted by Gasteiger charge is -2.25. The second-order valence-corrected chi connectivity index (χ2v) is 6.62. The van der Waals surface area contributed by atoms with E-state index in [0.29, 0.717) is 16.9 Å². The van der Waals surface area contributed by atoms with E-state index in [1.54, 1.807) is 6.07 Å². The van der Waals surface area contributed by atoms with Gasteiger partial charge in [0.1, 0.15) is 11.5 Å². The van der Waals surface area contributed by atoms with Crippen molar-refractivity contribution in [2.75, 3.05) is 31.6 Å². The molecule has 0 atom stereocenters. The van der Waals surface area contributed by atoms with Crippen LogP contribution in [0.1, 0.15) is 33.6 Å². The fourth-order valence-electron chi connectivity index (χ4n) is 3.11. The zero-order chi connectivity index (χ0) is 18.8. The average Bonchev–Trinajstić information content (AvgIpc) is 3.29. The summed E-state index contributed by atoms with van der Waals surface area (Å²) in [5.74, 6) is 0.512. The maximum Gasteiger partial charge on any atom is 0.272 e. The van der Waals surface area contributed by atoms with Crippen LogP contribution in [0.2, 0.25) is 0 Å². The lowest BCUT2D eigenvalue weighted by Crippen LogP contribution is -2.35. The largest absolute Gasteiger partial charge is 0.379 e. The first kappa shape index (κ1) is 17.4. The fourth-order valence-corrected chi connectivity index (χ4v) is 3.11. The first-order valence-electron chi connectivity index (χ1n) is 8.88. The average molecular weight is 367 g/mol. The van der Waals surface area contributed by atoms with Crippen molar-refractivity contribution >= 4 is 28.4 Å². The molecule has 1 saturated heterocycles. The molecule has 27 heavy (non-hydrogen) atoms. The van der Waals surface area contributed by atoms with Crippen molar-refractivity contribution in [3.63, 3.8) is 0 Å². The second kappa shape index (κ2) is 7.34. The molecule has 8 nitrogen and oxygen atoms in total. The minimum atomic E-state index is -0.296. The highest BCUT2D eigenvalue weighted by Gasteiger charge is 2.14. The molecule has 4 rings (SSSR count). The van der Waals surface area contributed by atoms with Gasteiger partial charge in [0, 0.05) is 30.5 Å². The molecule has 3 aromatic rings. The molecule has 1 aliphatic heterocycles. The molecule has 0 radical (unpaired) electrons. The quantitative estimate of drug-likeness (QED) is 0.600. The number of hydrogen-bond acceptors (Lipinski definition) is 5. The van der Waals surface area contributed by atoms with Crippen LogP contribution in [-0.2, 0) is 11.3 Å². The molecule has 1 aliphatic rings. The Labute approximate surface area is 155 Å². The van der Waals surface area contributed by atoms with Crippen LogP contribution in [0.3, 0.4) is 0 Å². The molecule has 1 amide bonds. The highest BCUT2D eigenvalue weighted by molar-refractivity contribution is 6.05. The van der Waals surface area contributed by atoms with Gasteiger partial charge in [0.15, 0.2) is 5.78 Å². The molecular formula is C19H21N5O3. The van der Waals surface area contributed by atoms with Gasteiger partial charge < -0.3 is 20.0 Å². The Bertz CT molecular complexity index is 984. The third kappa shape index (κ3) is 3.91. The van der Waals surface area contributed by atoms with E-state index in [1.807, 2.05) is 18.2 Å². The third-order valence-electron chi connectivity index (χ3n) is 4.60. The number of imidazole rings is 1. The van der Waals surface area contributed by atoms with Crippen LogP contribution in [0.15, 0.2) is 30.5 Å². The summed E-state index contributed by atoms with van der Waals surface area (Å²) < 4.78 is 5.37. The van der Waals surface area contributed by atoms with Gasteiger partial charge in [-0.25, -0.2) is 4.98 Å². The Morgan fingerprint density at radius 2 is 2.07 bits per heavy atom. The summed E-state index contributed by atoms with van der Waals surface area (Å²) in [4.78, 5) is 36.8. The molecule has 1 aromatic carbocycles. The number of H-pyrrole nitrogens is 2. The second-order valence-electron chi connectivity index (χ2n) is 6.62. The van der Waals surface area contributed by atoms with Crippen molar-refractivity contribution in [2.24, 2.45) is 0 Å². The van der Waals surface area contributed by atoms with Gasteiger partial charge in [-0.05, 0) is 31.2 Å². The van der Waals surface area contributed by atoms with E-state index in [9.17, 15) is 9.59 Å². The van der Waals surface area contributed by atoms with Gasteiger partial charge in [0.25, 0.3) is 5.91 Å². The first-order chi connectivity index (χ1) is 13.1. The van der Waals surface area contributed by atoms with Gasteiger partial charge in [-0.3, -0.25) is 14.5 Å². The van der Waals surface area contributed by atoms with Crippen molar-refractivity contribution in [2.45, 2.75) is 13.5 Å². The summed E-state index contributed by atoms with van der Waals surface area (Å²) in [5.41, 5.74) is 3.21. The molecular weight excluding hydrogens is 346 g/mol. The predicted octanol–water partition coefficient (Wildman–Crippen LogP) is 2.18. The Hall–Kier alpha value is -2.97. The van der Waals surface area contributed by atoms with Gasteiger partial charge >= 0.3 is 0 Å². The Kier molecular flexibility index (Phi) is 4.74. The Morgan fingerprint density at radius 1 is 1.26 bits per heavy atom. The lowest BCUT2D eigenvalue weighted by atomic mass is 10.2. The number of aromatic amines is 2. The number of benzene rings is 1. The van der Waals surface area contributed by atoms with E-state index in [0.717, 1.165) is 49.7 Å². The Balaban J connectivity index is 1.47. The van der Waals surface area contributed by atoms with E-state index >= 15 is 0 Å². The van der Waals surface area contributed by atoms with Crippen LogP contribution < -0.4 is 5.32 Å². The van der Waals surface area contributed by atoms with Crippen molar-refractivity contribution < 1.29 is 14.3 Å². The number of carbonyl (C=O) groups excluding carboxylic acids is 2. The standard InChI is InChI=1S/C19H21N5O3/c1-12(25)13-8-17(20-10-13)19(26)21-14-2-3-15-16(9-14)23-18(22-15)11-24-4-6-27-7-5-24/h2-3,8-10,20H,4-7,11H2,1H3,(H,21,26)(H,22,23). The van der Waals surface area contributed by atoms with Crippen LogP contribution in [0.5, 0.6) is 0 Å². The summed E-state index contributed by atoms with van der Waals surface area (Å²) >= 11 is 0. The van der Waals surface area contributed by atoms with Crippen LogP contribution in [0.25, 0.3) is 11.0 Å². The van der Waals surface area contributed by atoms with E-state index < -0.39 is 0 Å². The normalized spacial score (nSPS) is 15.1. The van der Waals surface area contributed by atoms with Crippen molar-refractivity contribution in [1.29, 1.82) is 0 Å². The lowest BCUT2D eigenvalue weighted by molar-refractivity contribution is 0.0332. The smallest absolute Gasteiger partial charge is 0.272 e. The van der Waals surface area contributed by atoms with Gasteiger partial charge in [0.05, 0.1) is 30.8 Å². The van der Waals surface area contributed by atoms with Crippen LogP contribution >= 0.6 is 0 Å². The molecule has 0 bridgehead atoms. The van der Waals surface area contributed by atoms with Gasteiger partial charge in [-0.15, -0.1) is 0 Å². The molecule has 0 saturated carbocycles. The molecule has 140 valence electrons. The number of nitrogens with zero attached hydrogens (tertiary/aromatic N) is 2. The van der Waals surface area contributed by atoms with Gasteiger partial charge in [-0.2, -0.15) is 0 Å². The van der Waals surface area contributed by atoms with Crippen molar-refractivity contribution in [3.8, 4) is 0 Å². The number of fused-ring (bicyclic) bond motifs is 1. The zero-order valence-electron chi connectivity index (χ0n) is 15.0. The topological polar surface area (TPSA) is 103 Å². The number of aromatic nitrogens is 3. The monoisotopic (exact) mass is 367 g/mol. The van der Waals surface area contributed by atoms with E-state index in [2.05, 4.69) is 25.2 Å². The van der Waals surface area contributed by atoms with Crippen LogP contribution in [0, 0.1) is 0 Å². The number of carbonyl (C=O) groups is 2. The molecule has 3 N–H and O–H groups in total. The number of amides is 1. The number of Topliss-reactive ketones (excluding diaryl/α,β-unsaturated/α-hetero) is 1. The molecule has 0 unspecified atom stereocenters. The highest BCUT2D eigenvalue weighted by atomic mass is 16.5. The number of anilines is 1. The number of morpholine rings is 1. The third-order valence-corrected chi connectivity index (χ3v) is 4.60. The maximum absolute atomic E-state index is 12.4. The minimum absolute atomic E-state index is 0.0861. The molecule has 3 heterocycles. The van der Waals surface area contributed by atoms with E-state index in [4.69, 9.17) is 4.74 Å². The number of nitrogens with one attached hydrogen (secondary N) is 3. The summed E-state index contributed by atoms with van der Waals surface area (Å²) in [6.45, 7) is 5.51. The van der Waals surface area contributed by atoms with Crippen LogP contribution in [0.4, 0.5) is 5.69 Å². The van der Waals surface area contributed by atoms with E-state index in [1.165, 1.54) is 13.1 Å². The van der Waals surface area contributed by atoms with Crippen molar-refractivity contribution in [3.05, 3.63) is 47.5 Å². The molecule has 8 heteroatoms. The molecule has 0 spiro atoms. The van der Waals surface area contributed by atoms with Gasteiger partial charge in [0.2, 0.25) is 0 Å². The summed E-state index contributed by atoms with van der Waals surface area (Å²) in [5, 5.41) is 2.84. The molecule has 2 aromatic heterocycles. The molecule has 1 fully saturated rings. The summed E-state index contributed by atoms with van der Waals surface area (Å²) in [6, 6.07) is 7.10. The molecule has 0 aliphatic carbocycles. The predicted molar refractivity (Wildman–Crippen MR) is 101 cm³/mol. The number of rotatable bonds is 5. The Morgan fingerprint density at radius 3 is 2.81 bits per heavy atom. The first-order valence-corrected chi connectivity index (χ1v) is 8.88. The minimum Gasteiger partial charge on any atom is -0.379 e. The number of ether oxygens (including phenoxy) is 1. The van der Waals surface area contributed by atoms with Crippen molar-refractivity contribution in [1.82, 2.24) is 19.9 Å². The maximum atomic E-state index is 12.4. The number of hydrogen-bond donors (Lipinski definition) is 3. The van der Waals surface area contributed by atoms with Gasteiger partial charge in [-0.1, -0.05) is 0 Å². The summed E-state index contributed by atoms with van der Waals surface area (Å²) in [6.07, 6.45) is 1.53. The van der Waals surface area contributed by atoms with Crippen LogP contribution in [-0.4, -0.2) is 57.8 Å². The zero-order valence-corrected chi connectivity index (χ0v) is 15.0. The van der Waals surface area contributed by atoms with E-state index in [-0.39, 0.29) is 11.7 Å². The highest BCUT2D eigenvalue weighted by Crippen LogP contribution is 2.19. The number of ketones is 1. The summed E-state index contributed by atoms with van der Waals surface area (Å²) in [7, 11) is 0.